The van der Waals surface area contributed by atoms with Gasteiger partial charge in [-0.25, -0.2) is 9.97 Å². The number of aromatic nitrogens is 2. The molecule has 0 atom stereocenters. The smallest absolute Gasteiger partial charge is 0.151 e. The highest BCUT2D eigenvalue weighted by Crippen LogP contribution is 2.43. The number of nitrogens with zero attached hydrogens (tertiary/aromatic N) is 2. The van der Waals surface area contributed by atoms with Crippen molar-refractivity contribution in [2.75, 3.05) is 37.4 Å². The van der Waals surface area contributed by atoms with E-state index in [4.69, 9.17) is 21.3 Å². The Morgan fingerprint density at radius 2 is 2.07 bits per heavy atom. The Morgan fingerprint density at radius 3 is 2.93 bits per heavy atom. The van der Waals surface area contributed by atoms with Crippen LogP contribution in [-0.2, 0) is 6.42 Å². The minimum Gasteiger partial charge on any atom is -0.491 e. The Morgan fingerprint density at radius 1 is 1.18 bits per heavy atom. The summed E-state index contributed by atoms with van der Waals surface area (Å²) in [6.07, 6.45) is 6.13. The Labute approximate surface area is 170 Å². The van der Waals surface area contributed by atoms with Gasteiger partial charge in [0.05, 0.1) is 17.3 Å². The summed E-state index contributed by atoms with van der Waals surface area (Å²) in [5, 5.41) is 10.5. The van der Waals surface area contributed by atoms with Gasteiger partial charge in [0.25, 0.3) is 0 Å². The fraction of sp³-hybridized carbons (Fsp3) is 0.429. The lowest BCUT2D eigenvalue weighted by atomic mass is 9.97. The number of pyridine rings is 2. The van der Waals surface area contributed by atoms with Crippen molar-refractivity contribution in [2.45, 2.75) is 32.6 Å². The van der Waals surface area contributed by atoms with Crippen molar-refractivity contribution in [3.05, 3.63) is 40.2 Å². The molecule has 0 bridgehead atoms. The van der Waals surface area contributed by atoms with Gasteiger partial charge in [-0.2, -0.15) is 0 Å². The molecule has 0 unspecified atom stereocenters. The van der Waals surface area contributed by atoms with Gasteiger partial charge in [0.1, 0.15) is 11.6 Å². The van der Waals surface area contributed by atoms with Crippen molar-refractivity contribution in [3.63, 3.8) is 0 Å². The summed E-state index contributed by atoms with van der Waals surface area (Å²) >= 11 is 6.89. The zero-order valence-electron chi connectivity index (χ0n) is 16.4. The van der Waals surface area contributed by atoms with Gasteiger partial charge >= 0.3 is 0 Å². The minimum atomic E-state index is 0.600. The average Bonchev–Trinajstić information content (AvgIpc) is 2.97. The summed E-state index contributed by atoms with van der Waals surface area (Å²) in [7, 11) is 1.89. The van der Waals surface area contributed by atoms with Crippen molar-refractivity contribution < 1.29 is 4.74 Å². The second kappa shape index (κ2) is 8.37. The van der Waals surface area contributed by atoms with E-state index < -0.39 is 0 Å². The first-order valence-corrected chi connectivity index (χ1v) is 10.2. The highest BCUT2D eigenvalue weighted by Gasteiger charge is 2.25. The Hall–Kier alpha value is -2.31. The maximum absolute atomic E-state index is 6.89. The van der Waals surface area contributed by atoms with Crippen LogP contribution in [0.3, 0.4) is 0 Å². The fourth-order valence-electron chi connectivity index (χ4n) is 3.73. The summed E-state index contributed by atoms with van der Waals surface area (Å²) in [6, 6.07) is 3.95. The van der Waals surface area contributed by atoms with Crippen LogP contribution in [-0.4, -0.2) is 36.7 Å². The van der Waals surface area contributed by atoms with Crippen LogP contribution >= 0.6 is 11.6 Å². The lowest BCUT2D eigenvalue weighted by molar-refractivity contribution is 0.284. The third kappa shape index (κ3) is 3.93. The molecule has 4 rings (SSSR count). The fourth-order valence-corrected chi connectivity index (χ4v) is 4.03. The number of nitrogens with one attached hydrogen (secondary N) is 3. The maximum Gasteiger partial charge on any atom is 0.151 e. The van der Waals surface area contributed by atoms with E-state index >= 15 is 0 Å². The molecule has 2 aliphatic rings. The van der Waals surface area contributed by atoms with Gasteiger partial charge in [0.15, 0.2) is 5.82 Å². The second-order valence-electron chi connectivity index (χ2n) is 7.17. The van der Waals surface area contributed by atoms with Crippen molar-refractivity contribution in [1.29, 1.82) is 0 Å². The molecule has 6 nitrogen and oxygen atoms in total. The molecule has 0 saturated heterocycles. The second-order valence-corrected chi connectivity index (χ2v) is 7.55. The quantitative estimate of drug-likeness (QED) is 0.711. The van der Waals surface area contributed by atoms with Crippen LogP contribution < -0.4 is 20.7 Å². The lowest BCUT2D eigenvalue weighted by Gasteiger charge is -2.24. The largest absolute Gasteiger partial charge is 0.491 e. The molecular weight excluding hydrogens is 374 g/mol. The summed E-state index contributed by atoms with van der Waals surface area (Å²) < 4.78 is 6.03. The number of fused-ring (bicyclic) bond motifs is 1. The van der Waals surface area contributed by atoms with E-state index in [-0.39, 0.29) is 0 Å². The molecule has 2 aliphatic heterocycles. The van der Waals surface area contributed by atoms with Gasteiger partial charge < -0.3 is 20.7 Å². The molecule has 0 aromatic carbocycles. The van der Waals surface area contributed by atoms with Crippen LogP contribution in [0.25, 0.3) is 5.57 Å². The van der Waals surface area contributed by atoms with Gasteiger partial charge in [-0.05, 0) is 50.8 Å². The topological polar surface area (TPSA) is 71.1 Å². The average molecular weight is 400 g/mol. The third-order valence-electron chi connectivity index (χ3n) is 5.07. The Kier molecular flexibility index (Phi) is 5.69. The molecule has 0 spiro atoms. The summed E-state index contributed by atoms with van der Waals surface area (Å²) in [4.78, 5) is 9.38. The van der Waals surface area contributed by atoms with E-state index in [1.54, 1.807) is 0 Å². The van der Waals surface area contributed by atoms with Crippen LogP contribution in [0.5, 0.6) is 5.75 Å². The number of hydrogen-bond donors (Lipinski definition) is 3. The summed E-state index contributed by atoms with van der Waals surface area (Å²) in [5.74, 6) is 2.21. The molecule has 0 saturated carbocycles. The Balaban J connectivity index is 1.79. The van der Waals surface area contributed by atoms with E-state index in [1.165, 1.54) is 5.57 Å². The van der Waals surface area contributed by atoms with Gasteiger partial charge in [-0.15, -0.1) is 0 Å². The number of allylic oxidation sites excluding steroid dienone is 1. The number of ether oxygens (including phenoxy) is 1. The number of hydrogen-bond acceptors (Lipinski definition) is 6. The summed E-state index contributed by atoms with van der Waals surface area (Å²) in [5.41, 5.74) is 5.09. The monoisotopic (exact) mass is 399 g/mol. The van der Waals surface area contributed by atoms with Gasteiger partial charge in [0.2, 0.25) is 0 Å². The standard InChI is InChI=1S/C21H26ClN5O/c1-13-11-15(23-2)12-17(25-13)27-21-19(22)18(14-5-3-8-24-9-7-14)20-16(26-21)6-4-10-28-20/h7,11-12,24H,3-6,8-10H2,1-2H3,(H2,23,25,26,27). The van der Waals surface area contributed by atoms with Crippen LogP contribution in [0.4, 0.5) is 17.3 Å². The maximum atomic E-state index is 6.89. The molecule has 4 heterocycles. The lowest BCUT2D eigenvalue weighted by Crippen LogP contribution is -2.14. The van der Waals surface area contributed by atoms with E-state index in [2.05, 4.69) is 27.0 Å². The van der Waals surface area contributed by atoms with Crippen molar-refractivity contribution in [3.8, 4) is 5.75 Å². The molecule has 0 fully saturated rings. The summed E-state index contributed by atoms with van der Waals surface area (Å²) in [6.45, 7) is 4.53. The van der Waals surface area contributed by atoms with E-state index in [0.717, 1.165) is 73.0 Å². The van der Waals surface area contributed by atoms with E-state index in [1.807, 2.05) is 26.1 Å². The molecule has 148 valence electrons. The predicted octanol–water partition coefficient (Wildman–Crippen LogP) is 4.32. The molecule has 0 radical (unpaired) electrons. The Bertz CT molecular complexity index is 912. The van der Waals surface area contributed by atoms with Gasteiger partial charge in [-0.1, -0.05) is 17.7 Å². The van der Waals surface area contributed by atoms with Crippen LogP contribution in [0.15, 0.2) is 18.2 Å². The third-order valence-corrected chi connectivity index (χ3v) is 5.44. The molecular formula is C21H26ClN5O. The molecule has 7 heteroatoms. The van der Waals surface area contributed by atoms with Gasteiger partial charge in [0, 0.05) is 36.6 Å². The van der Waals surface area contributed by atoms with Crippen molar-refractivity contribution >= 4 is 34.5 Å². The molecule has 0 aliphatic carbocycles. The molecule has 0 amide bonds. The molecule has 2 aromatic rings. The van der Waals surface area contributed by atoms with Crippen LogP contribution in [0.1, 0.15) is 36.2 Å². The van der Waals surface area contributed by atoms with Gasteiger partial charge in [-0.3, -0.25) is 0 Å². The predicted molar refractivity (Wildman–Crippen MR) is 115 cm³/mol. The zero-order chi connectivity index (χ0) is 19.5. The van der Waals surface area contributed by atoms with Crippen LogP contribution in [0, 0.1) is 6.92 Å². The van der Waals surface area contributed by atoms with E-state index in [0.29, 0.717) is 17.4 Å². The molecule has 3 N–H and O–H groups in total. The SMILES string of the molecule is CNc1cc(C)nc(Nc2nc3c(c(C4=CCNCCC4)c2Cl)OCCC3)c1. The first-order chi connectivity index (χ1) is 13.7. The number of anilines is 3. The molecule has 28 heavy (non-hydrogen) atoms. The van der Waals surface area contributed by atoms with Crippen molar-refractivity contribution in [2.24, 2.45) is 0 Å². The first-order valence-electron chi connectivity index (χ1n) is 9.84. The van der Waals surface area contributed by atoms with Crippen LogP contribution in [0.2, 0.25) is 5.02 Å². The van der Waals surface area contributed by atoms with E-state index in [9.17, 15) is 0 Å². The highest BCUT2D eigenvalue weighted by atomic mass is 35.5. The first kappa shape index (κ1) is 19.0. The molecule has 2 aromatic heterocycles. The number of rotatable bonds is 4. The normalized spacial score (nSPS) is 16.5. The minimum absolute atomic E-state index is 0.600. The number of aryl methyl sites for hydroxylation is 2. The zero-order valence-corrected chi connectivity index (χ0v) is 17.1. The highest BCUT2D eigenvalue weighted by molar-refractivity contribution is 6.35. The van der Waals surface area contributed by atoms with Crippen molar-refractivity contribution in [1.82, 2.24) is 15.3 Å². The number of halogens is 1.